The van der Waals surface area contributed by atoms with Gasteiger partial charge in [-0.25, -0.2) is 0 Å². The lowest BCUT2D eigenvalue weighted by Gasteiger charge is -2.18. The maximum absolute atomic E-state index is 4.98. The molecule has 3 nitrogen and oxygen atoms in total. The summed E-state index contributed by atoms with van der Waals surface area (Å²) >= 11 is 0. The molecule has 1 atom stereocenters. The number of aryl methyl sites for hydroxylation is 4. The van der Waals surface area contributed by atoms with Crippen molar-refractivity contribution in [1.82, 2.24) is 15.1 Å². The Balaban J connectivity index is 1.83. The van der Waals surface area contributed by atoms with Crippen LogP contribution in [0.4, 0.5) is 0 Å². The first-order valence-corrected chi connectivity index (χ1v) is 10.3. The van der Waals surface area contributed by atoms with Crippen molar-refractivity contribution >= 4 is 10.9 Å². The summed E-state index contributed by atoms with van der Waals surface area (Å²) in [5, 5.41) is 10.1. The Kier molecular flexibility index (Phi) is 4.81. The monoisotopic (exact) mass is 361 g/mol. The van der Waals surface area contributed by atoms with Gasteiger partial charge in [0.05, 0.1) is 5.69 Å². The number of nitrogens with one attached hydrogen (secondary N) is 1. The SMILES string of the molecule is CCC(NCC1CC1)c1c2cccc(-c3c(C)cc(C)cc3C)c2nn1C. The molecule has 3 heteroatoms. The highest BCUT2D eigenvalue weighted by Crippen LogP contribution is 2.36. The van der Waals surface area contributed by atoms with Crippen LogP contribution in [0.3, 0.4) is 0 Å². The normalized spacial score (nSPS) is 15.4. The number of aromatic nitrogens is 2. The van der Waals surface area contributed by atoms with Gasteiger partial charge in [-0.05, 0) is 69.2 Å². The Morgan fingerprint density at radius 2 is 1.85 bits per heavy atom. The molecule has 0 saturated heterocycles. The van der Waals surface area contributed by atoms with Crippen LogP contribution in [0, 0.1) is 26.7 Å². The van der Waals surface area contributed by atoms with E-state index in [1.807, 2.05) is 0 Å². The first-order valence-electron chi connectivity index (χ1n) is 10.3. The van der Waals surface area contributed by atoms with Gasteiger partial charge in [0.15, 0.2) is 0 Å². The lowest BCUT2D eigenvalue weighted by atomic mass is 9.92. The van der Waals surface area contributed by atoms with Crippen molar-refractivity contribution in [1.29, 1.82) is 0 Å². The molecule has 4 rings (SSSR count). The van der Waals surface area contributed by atoms with E-state index in [0.717, 1.165) is 24.4 Å². The second-order valence-corrected chi connectivity index (χ2v) is 8.30. The second-order valence-electron chi connectivity index (χ2n) is 8.30. The molecule has 2 aromatic carbocycles. The predicted octanol–water partition coefficient (Wildman–Crippen LogP) is 5.62. The predicted molar refractivity (Wildman–Crippen MR) is 114 cm³/mol. The lowest BCUT2D eigenvalue weighted by molar-refractivity contribution is 0.475. The Hall–Kier alpha value is -2.13. The van der Waals surface area contributed by atoms with E-state index >= 15 is 0 Å². The van der Waals surface area contributed by atoms with Crippen molar-refractivity contribution < 1.29 is 0 Å². The average molecular weight is 362 g/mol. The Bertz CT molecular complexity index is 956. The first-order chi connectivity index (χ1) is 13.0. The van der Waals surface area contributed by atoms with E-state index in [1.165, 1.54) is 51.7 Å². The zero-order valence-corrected chi connectivity index (χ0v) is 17.3. The number of hydrogen-bond acceptors (Lipinski definition) is 2. The number of benzene rings is 2. The maximum atomic E-state index is 4.98. The number of hydrogen-bond donors (Lipinski definition) is 1. The van der Waals surface area contributed by atoms with E-state index in [9.17, 15) is 0 Å². The molecule has 27 heavy (non-hydrogen) atoms. The van der Waals surface area contributed by atoms with Crippen LogP contribution in [0.25, 0.3) is 22.0 Å². The zero-order chi connectivity index (χ0) is 19.1. The molecule has 1 aliphatic rings. The van der Waals surface area contributed by atoms with E-state index < -0.39 is 0 Å². The second kappa shape index (κ2) is 7.12. The Morgan fingerprint density at radius 1 is 1.15 bits per heavy atom. The van der Waals surface area contributed by atoms with Crippen LogP contribution >= 0.6 is 0 Å². The summed E-state index contributed by atoms with van der Waals surface area (Å²) in [6, 6.07) is 11.6. The Morgan fingerprint density at radius 3 is 2.48 bits per heavy atom. The number of rotatable bonds is 6. The summed E-state index contributed by atoms with van der Waals surface area (Å²) in [5.41, 5.74) is 8.99. The van der Waals surface area contributed by atoms with Crippen molar-refractivity contribution in [3.8, 4) is 11.1 Å². The van der Waals surface area contributed by atoms with Crippen LogP contribution in [0.1, 0.15) is 54.6 Å². The minimum atomic E-state index is 0.357. The van der Waals surface area contributed by atoms with Gasteiger partial charge < -0.3 is 5.32 Å². The quantitative estimate of drug-likeness (QED) is 0.618. The van der Waals surface area contributed by atoms with Gasteiger partial charge in [-0.15, -0.1) is 0 Å². The van der Waals surface area contributed by atoms with Crippen LogP contribution in [0.15, 0.2) is 30.3 Å². The summed E-state index contributed by atoms with van der Waals surface area (Å²) in [7, 11) is 2.09. The molecular formula is C24H31N3. The van der Waals surface area contributed by atoms with Gasteiger partial charge in [0.1, 0.15) is 5.52 Å². The molecular weight excluding hydrogens is 330 g/mol. The molecule has 1 N–H and O–H groups in total. The van der Waals surface area contributed by atoms with Crippen LogP contribution in [-0.4, -0.2) is 16.3 Å². The van der Waals surface area contributed by atoms with Crippen molar-refractivity contribution in [3.05, 3.63) is 52.7 Å². The summed E-state index contributed by atoms with van der Waals surface area (Å²) in [6.07, 6.45) is 3.84. The largest absolute Gasteiger partial charge is 0.308 e. The summed E-state index contributed by atoms with van der Waals surface area (Å²) in [5.74, 6) is 0.881. The van der Waals surface area contributed by atoms with Gasteiger partial charge >= 0.3 is 0 Å². The fourth-order valence-electron chi connectivity index (χ4n) is 4.52. The third-order valence-electron chi connectivity index (χ3n) is 5.95. The molecule has 142 valence electrons. The third-order valence-corrected chi connectivity index (χ3v) is 5.95. The number of nitrogens with zero attached hydrogens (tertiary/aromatic N) is 2. The van der Waals surface area contributed by atoms with Crippen molar-refractivity contribution in [2.75, 3.05) is 6.54 Å². The fraction of sp³-hybridized carbons (Fsp3) is 0.458. The highest BCUT2D eigenvalue weighted by atomic mass is 15.3. The molecule has 1 unspecified atom stereocenters. The molecule has 1 fully saturated rings. The van der Waals surface area contributed by atoms with Gasteiger partial charge in [-0.1, -0.05) is 42.8 Å². The van der Waals surface area contributed by atoms with Gasteiger partial charge in [0.25, 0.3) is 0 Å². The number of fused-ring (bicyclic) bond motifs is 1. The van der Waals surface area contributed by atoms with E-state index in [-0.39, 0.29) is 0 Å². The maximum Gasteiger partial charge on any atom is 0.100 e. The van der Waals surface area contributed by atoms with Gasteiger partial charge in [0, 0.05) is 24.0 Å². The van der Waals surface area contributed by atoms with E-state index in [1.54, 1.807) is 0 Å². The molecule has 3 aromatic rings. The van der Waals surface area contributed by atoms with E-state index in [0.29, 0.717) is 6.04 Å². The molecule has 0 radical (unpaired) electrons. The van der Waals surface area contributed by atoms with Crippen LogP contribution in [-0.2, 0) is 7.05 Å². The average Bonchev–Trinajstić information content (AvgIpc) is 3.37. The zero-order valence-electron chi connectivity index (χ0n) is 17.3. The van der Waals surface area contributed by atoms with E-state index in [4.69, 9.17) is 5.10 Å². The summed E-state index contributed by atoms with van der Waals surface area (Å²) in [4.78, 5) is 0. The molecule has 0 bridgehead atoms. The van der Waals surface area contributed by atoms with Crippen molar-refractivity contribution in [2.24, 2.45) is 13.0 Å². The summed E-state index contributed by atoms with van der Waals surface area (Å²) < 4.78 is 2.10. The molecule has 0 aliphatic heterocycles. The highest BCUT2D eigenvalue weighted by molar-refractivity contribution is 5.97. The van der Waals surface area contributed by atoms with Crippen LogP contribution in [0.5, 0.6) is 0 Å². The van der Waals surface area contributed by atoms with Gasteiger partial charge in [-0.2, -0.15) is 5.10 Å². The molecule has 1 aliphatic carbocycles. The minimum Gasteiger partial charge on any atom is -0.308 e. The Labute approximate surface area is 162 Å². The van der Waals surface area contributed by atoms with Crippen LogP contribution < -0.4 is 5.32 Å². The minimum absolute atomic E-state index is 0.357. The highest BCUT2D eigenvalue weighted by Gasteiger charge is 2.25. The molecule has 1 heterocycles. The van der Waals surface area contributed by atoms with Gasteiger partial charge in [-0.3, -0.25) is 4.68 Å². The first kappa shape index (κ1) is 18.2. The third kappa shape index (κ3) is 3.41. The fourth-order valence-corrected chi connectivity index (χ4v) is 4.52. The topological polar surface area (TPSA) is 29.9 Å². The summed E-state index contributed by atoms with van der Waals surface area (Å²) in [6.45, 7) is 9.98. The van der Waals surface area contributed by atoms with Crippen LogP contribution in [0.2, 0.25) is 0 Å². The molecule has 1 saturated carbocycles. The smallest absolute Gasteiger partial charge is 0.100 e. The van der Waals surface area contributed by atoms with Gasteiger partial charge in [0.2, 0.25) is 0 Å². The standard InChI is InChI=1S/C24H31N3/c1-6-21(25-14-18-10-11-18)24-20-9-7-8-19(23(20)26-27(24)5)22-16(3)12-15(2)13-17(22)4/h7-9,12-13,18,21,25H,6,10-11,14H2,1-5H3. The molecule has 0 spiro atoms. The lowest BCUT2D eigenvalue weighted by Crippen LogP contribution is -2.25. The van der Waals surface area contributed by atoms with Crippen molar-refractivity contribution in [3.63, 3.8) is 0 Å². The van der Waals surface area contributed by atoms with E-state index in [2.05, 4.69) is 75.1 Å². The molecule has 1 aromatic heterocycles. The van der Waals surface area contributed by atoms with Crippen molar-refractivity contribution in [2.45, 2.75) is 53.0 Å². The molecule has 0 amide bonds.